The molecule has 10 heteroatoms. The Morgan fingerprint density at radius 2 is 2.11 bits per heavy atom. The summed E-state index contributed by atoms with van der Waals surface area (Å²) in [4.78, 5) is 15.9. The molecule has 0 fully saturated rings. The molecule has 1 aromatic rings. The number of nitrogens with zero attached hydrogens (tertiary/aromatic N) is 1. The minimum absolute atomic E-state index is 0.127. The highest BCUT2D eigenvalue weighted by Crippen LogP contribution is 2.23. The average molecular weight is 293 g/mol. The van der Waals surface area contributed by atoms with Crippen LogP contribution in [0.1, 0.15) is 9.67 Å². The molecule has 0 aliphatic carbocycles. The predicted octanol–water partition coefficient (Wildman–Crippen LogP) is -0.954. The summed E-state index contributed by atoms with van der Waals surface area (Å²) in [6.07, 6.45) is 1.05. The molecule has 1 rings (SSSR count). The number of nitrogens with two attached hydrogens (primary N) is 1. The molecule has 0 aromatic carbocycles. The van der Waals surface area contributed by atoms with Gasteiger partial charge in [-0.15, -0.1) is 0 Å². The molecule has 1 heterocycles. The Labute approximate surface area is 109 Å². The first-order chi connectivity index (χ1) is 8.33. The number of carbonyl (C=O) groups excluding carboxylic acids is 1. The van der Waals surface area contributed by atoms with Gasteiger partial charge in [0, 0.05) is 20.1 Å². The van der Waals surface area contributed by atoms with Gasteiger partial charge in [0.15, 0.2) is 5.13 Å². The van der Waals surface area contributed by atoms with Crippen LogP contribution in [0.2, 0.25) is 0 Å². The zero-order valence-electron chi connectivity index (χ0n) is 9.98. The smallest absolute Gasteiger partial charge is 0.265 e. The highest BCUT2D eigenvalue weighted by Gasteiger charge is 2.15. The molecule has 0 aliphatic heterocycles. The fourth-order valence-electron chi connectivity index (χ4n) is 1.09. The van der Waals surface area contributed by atoms with Crippen molar-refractivity contribution in [3.05, 3.63) is 4.88 Å². The lowest BCUT2D eigenvalue weighted by atomic mass is 10.4. The Hall–Kier alpha value is -1.39. The lowest BCUT2D eigenvalue weighted by Gasteiger charge is -2.04. The van der Waals surface area contributed by atoms with Crippen LogP contribution < -0.4 is 21.1 Å². The van der Waals surface area contributed by atoms with Crippen LogP contribution in [0.3, 0.4) is 0 Å². The zero-order chi connectivity index (χ0) is 13.8. The fraction of sp³-hybridized carbons (Fsp3) is 0.500. The summed E-state index contributed by atoms with van der Waals surface area (Å²) in [6, 6.07) is 0. The van der Waals surface area contributed by atoms with E-state index in [2.05, 4.69) is 20.3 Å². The van der Waals surface area contributed by atoms with E-state index >= 15 is 0 Å². The molecule has 0 saturated heterocycles. The first-order valence-electron chi connectivity index (χ1n) is 5.00. The van der Waals surface area contributed by atoms with Crippen molar-refractivity contribution in [2.24, 2.45) is 0 Å². The van der Waals surface area contributed by atoms with E-state index in [1.165, 1.54) is 0 Å². The van der Waals surface area contributed by atoms with Gasteiger partial charge >= 0.3 is 0 Å². The molecule has 18 heavy (non-hydrogen) atoms. The van der Waals surface area contributed by atoms with Crippen LogP contribution >= 0.6 is 11.3 Å². The SMILES string of the molecule is CNc1nc(N)c(C(=O)NCCNS(C)(=O)=O)s1. The monoisotopic (exact) mass is 293 g/mol. The van der Waals surface area contributed by atoms with Crippen molar-refractivity contribution in [2.75, 3.05) is 37.4 Å². The average Bonchev–Trinajstić information content (AvgIpc) is 2.64. The van der Waals surface area contributed by atoms with Crippen molar-refractivity contribution in [3.63, 3.8) is 0 Å². The standard InChI is InChI=1S/C8H15N5O3S2/c1-10-8-13-6(9)5(17-8)7(14)11-3-4-12-18(2,15)16/h12H,3-4,9H2,1-2H3,(H,10,13)(H,11,14). The fourth-order valence-corrected chi connectivity index (χ4v) is 2.32. The number of nitrogens with one attached hydrogen (secondary N) is 3. The Bertz CT molecular complexity index is 525. The molecule has 0 aliphatic rings. The zero-order valence-corrected chi connectivity index (χ0v) is 11.6. The Morgan fingerprint density at radius 3 is 2.61 bits per heavy atom. The maximum absolute atomic E-state index is 11.7. The normalized spacial score (nSPS) is 11.2. The summed E-state index contributed by atoms with van der Waals surface area (Å²) in [5.41, 5.74) is 5.58. The van der Waals surface area contributed by atoms with E-state index < -0.39 is 10.0 Å². The lowest BCUT2D eigenvalue weighted by Crippen LogP contribution is -2.34. The van der Waals surface area contributed by atoms with Crippen molar-refractivity contribution in [3.8, 4) is 0 Å². The van der Waals surface area contributed by atoms with Gasteiger partial charge in [-0.3, -0.25) is 4.79 Å². The molecular formula is C8H15N5O3S2. The van der Waals surface area contributed by atoms with E-state index in [4.69, 9.17) is 5.73 Å². The maximum Gasteiger partial charge on any atom is 0.265 e. The van der Waals surface area contributed by atoms with E-state index in [-0.39, 0.29) is 24.8 Å². The predicted molar refractivity (Wildman–Crippen MR) is 71.3 cm³/mol. The van der Waals surface area contributed by atoms with E-state index in [9.17, 15) is 13.2 Å². The van der Waals surface area contributed by atoms with E-state index in [1.54, 1.807) is 7.05 Å². The molecule has 1 amide bonds. The molecular weight excluding hydrogens is 278 g/mol. The van der Waals surface area contributed by atoms with E-state index in [0.29, 0.717) is 10.0 Å². The number of hydrogen-bond acceptors (Lipinski definition) is 7. The third-order valence-corrected chi connectivity index (χ3v) is 3.66. The lowest BCUT2D eigenvalue weighted by molar-refractivity contribution is 0.0959. The minimum atomic E-state index is -3.24. The summed E-state index contributed by atoms with van der Waals surface area (Å²) in [5.74, 6) is -0.222. The number of aromatic nitrogens is 1. The van der Waals surface area contributed by atoms with Crippen LogP contribution in [0.4, 0.5) is 10.9 Å². The Balaban J connectivity index is 2.48. The molecule has 1 aromatic heterocycles. The number of nitrogen functional groups attached to an aromatic ring is 1. The Morgan fingerprint density at radius 1 is 1.44 bits per heavy atom. The maximum atomic E-state index is 11.7. The first kappa shape index (κ1) is 14.7. The highest BCUT2D eigenvalue weighted by atomic mass is 32.2. The first-order valence-corrected chi connectivity index (χ1v) is 7.71. The van der Waals surface area contributed by atoms with Crippen molar-refractivity contribution in [2.45, 2.75) is 0 Å². The van der Waals surface area contributed by atoms with Gasteiger partial charge in [-0.25, -0.2) is 18.1 Å². The molecule has 0 unspecified atom stereocenters. The van der Waals surface area contributed by atoms with Crippen molar-refractivity contribution >= 4 is 38.2 Å². The van der Waals surface area contributed by atoms with Crippen LogP contribution in [0.5, 0.6) is 0 Å². The third kappa shape index (κ3) is 4.47. The topological polar surface area (TPSA) is 126 Å². The number of carbonyl (C=O) groups is 1. The van der Waals surface area contributed by atoms with Crippen LogP contribution in [-0.2, 0) is 10.0 Å². The number of hydrogen-bond donors (Lipinski definition) is 4. The number of rotatable bonds is 6. The van der Waals surface area contributed by atoms with Crippen LogP contribution in [-0.4, -0.2) is 45.7 Å². The van der Waals surface area contributed by atoms with Gasteiger partial charge in [-0.1, -0.05) is 11.3 Å². The van der Waals surface area contributed by atoms with Gasteiger partial charge in [0.05, 0.1) is 6.26 Å². The second-order valence-corrected chi connectivity index (χ2v) is 6.24. The summed E-state index contributed by atoms with van der Waals surface area (Å²) >= 11 is 1.13. The highest BCUT2D eigenvalue weighted by molar-refractivity contribution is 7.88. The largest absolute Gasteiger partial charge is 0.382 e. The molecule has 5 N–H and O–H groups in total. The van der Waals surface area contributed by atoms with Gasteiger partial charge in [0.2, 0.25) is 10.0 Å². The second-order valence-electron chi connectivity index (χ2n) is 3.41. The van der Waals surface area contributed by atoms with Gasteiger partial charge in [-0.05, 0) is 0 Å². The van der Waals surface area contributed by atoms with Crippen LogP contribution in [0.25, 0.3) is 0 Å². The molecule has 0 spiro atoms. The summed E-state index contributed by atoms with van der Waals surface area (Å²) in [6.45, 7) is 0.306. The molecule has 102 valence electrons. The third-order valence-electron chi connectivity index (χ3n) is 1.85. The summed E-state index contributed by atoms with van der Waals surface area (Å²) in [7, 11) is -1.56. The van der Waals surface area contributed by atoms with Crippen LogP contribution in [0, 0.1) is 0 Å². The van der Waals surface area contributed by atoms with Crippen molar-refractivity contribution < 1.29 is 13.2 Å². The van der Waals surface area contributed by atoms with Gasteiger partial charge in [0.25, 0.3) is 5.91 Å². The number of sulfonamides is 1. The van der Waals surface area contributed by atoms with Gasteiger partial charge in [0.1, 0.15) is 10.7 Å². The van der Waals surface area contributed by atoms with Gasteiger partial charge in [-0.2, -0.15) is 0 Å². The van der Waals surface area contributed by atoms with E-state index in [0.717, 1.165) is 17.6 Å². The number of amides is 1. The molecule has 8 nitrogen and oxygen atoms in total. The minimum Gasteiger partial charge on any atom is -0.382 e. The second kappa shape index (κ2) is 5.98. The Kier molecular flexibility index (Phi) is 4.87. The van der Waals surface area contributed by atoms with Crippen molar-refractivity contribution in [1.82, 2.24) is 15.0 Å². The molecule has 0 bridgehead atoms. The number of thiazole rings is 1. The number of anilines is 2. The van der Waals surface area contributed by atoms with E-state index in [1.807, 2.05) is 0 Å². The molecule has 0 atom stereocenters. The summed E-state index contributed by atoms with van der Waals surface area (Å²) < 4.78 is 23.8. The summed E-state index contributed by atoms with van der Waals surface area (Å²) in [5, 5.41) is 5.88. The van der Waals surface area contributed by atoms with Crippen molar-refractivity contribution in [1.29, 1.82) is 0 Å². The molecule has 0 saturated carbocycles. The van der Waals surface area contributed by atoms with Gasteiger partial charge < -0.3 is 16.4 Å². The van der Waals surface area contributed by atoms with Crippen LogP contribution in [0.15, 0.2) is 0 Å². The molecule has 0 radical (unpaired) electrons. The quantitative estimate of drug-likeness (QED) is 0.501.